The minimum atomic E-state index is -0.663. The van der Waals surface area contributed by atoms with E-state index in [1.54, 1.807) is 6.92 Å². The van der Waals surface area contributed by atoms with Crippen molar-refractivity contribution in [2.45, 2.75) is 123 Å². The molecule has 0 aromatic rings. The lowest BCUT2D eigenvalue weighted by molar-refractivity contribution is -0.148. The van der Waals surface area contributed by atoms with E-state index in [-0.39, 0.29) is 12.5 Å². The highest BCUT2D eigenvalue weighted by Crippen LogP contribution is 2.13. The van der Waals surface area contributed by atoms with Crippen molar-refractivity contribution >= 4 is 23.7 Å². The molecule has 0 aromatic carbocycles. The van der Waals surface area contributed by atoms with E-state index in [9.17, 15) is 9.59 Å². The fourth-order valence-corrected chi connectivity index (χ4v) is 3.56. The van der Waals surface area contributed by atoms with Crippen molar-refractivity contribution in [1.82, 2.24) is 4.90 Å². The van der Waals surface area contributed by atoms with Crippen molar-refractivity contribution < 1.29 is 19.1 Å². The first-order valence-electron chi connectivity index (χ1n) is 12.7. The molecular weight excluding hydrogens is 414 g/mol. The molecule has 0 saturated heterocycles. The molecule has 1 unspecified atom stereocenters. The van der Waals surface area contributed by atoms with Crippen molar-refractivity contribution in [3.05, 3.63) is 0 Å². The number of esters is 1. The van der Waals surface area contributed by atoms with Gasteiger partial charge in [-0.2, -0.15) is 0 Å². The van der Waals surface area contributed by atoms with Gasteiger partial charge < -0.3 is 9.47 Å². The van der Waals surface area contributed by atoms with Crippen molar-refractivity contribution in [3.63, 3.8) is 0 Å². The molecule has 0 radical (unpaired) electrons. The first-order chi connectivity index (χ1) is 15.0. The first-order valence-corrected chi connectivity index (χ1v) is 13.2. The Hall–Kier alpha value is -0.970. The molecule has 0 saturated carbocycles. The van der Waals surface area contributed by atoms with E-state index in [0.29, 0.717) is 6.61 Å². The predicted octanol–water partition coefficient (Wildman–Crippen LogP) is 7.49. The van der Waals surface area contributed by atoms with E-state index < -0.39 is 18.1 Å². The van der Waals surface area contributed by atoms with E-state index in [2.05, 4.69) is 6.92 Å². The third-order valence-corrected chi connectivity index (χ3v) is 5.91. The van der Waals surface area contributed by atoms with E-state index in [1.165, 1.54) is 102 Å². The highest BCUT2D eigenvalue weighted by Gasteiger charge is 2.24. The van der Waals surface area contributed by atoms with Crippen LogP contribution in [0, 0.1) is 0 Å². The quantitative estimate of drug-likeness (QED) is 0.101. The van der Waals surface area contributed by atoms with E-state index >= 15 is 0 Å². The van der Waals surface area contributed by atoms with Gasteiger partial charge in [0.2, 0.25) is 0 Å². The maximum atomic E-state index is 12.0. The van der Waals surface area contributed by atoms with Crippen molar-refractivity contribution in [2.24, 2.45) is 0 Å². The Morgan fingerprint density at radius 2 is 1.13 bits per heavy atom. The number of likely N-dealkylation sites (N-methyl/N-ethyl adjacent to an activating group) is 1. The topological polar surface area (TPSA) is 55.8 Å². The second-order valence-corrected chi connectivity index (χ2v) is 8.94. The van der Waals surface area contributed by atoms with Crippen LogP contribution in [0.3, 0.4) is 0 Å². The van der Waals surface area contributed by atoms with Crippen LogP contribution >= 0.6 is 11.6 Å². The molecule has 0 aliphatic heterocycles. The summed E-state index contributed by atoms with van der Waals surface area (Å²) < 4.78 is 10.2. The molecule has 0 spiro atoms. The highest BCUT2D eigenvalue weighted by molar-refractivity contribution is 6.18. The molecule has 31 heavy (non-hydrogen) atoms. The summed E-state index contributed by atoms with van der Waals surface area (Å²) in [4.78, 5) is 25.0. The Labute approximate surface area is 196 Å². The lowest BCUT2D eigenvalue weighted by Gasteiger charge is -2.22. The summed E-state index contributed by atoms with van der Waals surface area (Å²) in [5, 5.41) is 0. The van der Waals surface area contributed by atoms with Gasteiger partial charge in [0.1, 0.15) is 12.6 Å². The molecule has 0 heterocycles. The fourth-order valence-electron chi connectivity index (χ4n) is 3.49. The van der Waals surface area contributed by atoms with E-state index in [4.69, 9.17) is 21.1 Å². The molecule has 6 heteroatoms. The molecule has 0 aliphatic carbocycles. The number of unbranched alkanes of at least 4 members (excludes halogenated alkanes) is 15. The van der Waals surface area contributed by atoms with Crippen LogP contribution in [-0.2, 0) is 14.3 Å². The zero-order valence-corrected chi connectivity index (χ0v) is 21.2. The van der Waals surface area contributed by atoms with Crippen molar-refractivity contribution in [2.75, 3.05) is 26.1 Å². The molecule has 5 nitrogen and oxygen atoms in total. The number of hydrogen-bond donors (Lipinski definition) is 0. The number of rotatable bonds is 21. The average Bonchev–Trinajstić information content (AvgIpc) is 2.78. The Morgan fingerprint density at radius 1 is 0.710 bits per heavy atom. The van der Waals surface area contributed by atoms with Gasteiger partial charge >= 0.3 is 12.1 Å². The van der Waals surface area contributed by atoms with Crippen LogP contribution in [-0.4, -0.2) is 49.1 Å². The summed E-state index contributed by atoms with van der Waals surface area (Å²) in [6.07, 6.45) is 20.5. The third-order valence-electron chi connectivity index (χ3n) is 5.75. The Bertz CT molecular complexity index is 434. The summed E-state index contributed by atoms with van der Waals surface area (Å²) >= 11 is 5.49. The molecule has 0 bridgehead atoms. The second-order valence-electron chi connectivity index (χ2n) is 8.56. The maximum absolute atomic E-state index is 12.0. The van der Waals surface area contributed by atoms with E-state index in [1.807, 2.05) is 0 Å². The number of halogens is 1. The summed E-state index contributed by atoms with van der Waals surface area (Å²) in [5.41, 5.74) is 0. The van der Waals surface area contributed by atoms with Gasteiger partial charge in [0.15, 0.2) is 0 Å². The SMILES string of the molecule is CCCCCCCCCCCCCCCCCCOC(=O)C(C)N(C)C(=O)OCCCl. The van der Waals surface area contributed by atoms with Gasteiger partial charge in [-0.3, -0.25) is 4.90 Å². The predicted molar refractivity (Wildman–Crippen MR) is 130 cm³/mol. The normalized spacial score (nSPS) is 11.9. The molecular formula is C25H48ClNO4. The lowest BCUT2D eigenvalue weighted by atomic mass is 10.0. The van der Waals surface area contributed by atoms with Gasteiger partial charge in [-0.15, -0.1) is 11.6 Å². The van der Waals surface area contributed by atoms with E-state index in [0.717, 1.165) is 12.8 Å². The molecule has 1 amide bonds. The number of nitrogens with zero attached hydrogens (tertiary/aromatic N) is 1. The van der Waals surface area contributed by atoms with Gasteiger partial charge in [0.05, 0.1) is 12.5 Å². The zero-order chi connectivity index (χ0) is 23.2. The fraction of sp³-hybridized carbons (Fsp3) is 0.920. The molecule has 0 fully saturated rings. The van der Waals surface area contributed by atoms with Gasteiger partial charge in [0.25, 0.3) is 0 Å². The van der Waals surface area contributed by atoms with Crippen LogP contribution in [0.5, 0.6) is 0 Å². The number of amides is 1. The van der Waals surface area contributed by atoms with Crippen molar-refractivity contribution in [3.8, 4) is 0 Å². The molecule has 0 N–H and O–H groups in total. The molecule has 184 valence electrons. The Kier molecular flexibility index (Phi) is 21.5. The second kappa shape index (κ2) is 22.2. The van der Waals surface area contributed by atoms with Crippen LogP contribution in [0.2, 0.25) is 0 Å². The standard InChI is InChI=1S/C25H48ClNO4/c1-4-5-6-7-8-9-10-11-12-13-14-15-16-17-18-19-21-30-24(28)23(2)27(3)25(29)31-22-20-26/h23H,4-22H2,1-3H3. The Balaban J connectivity index is 3.42. The Morgan fingerprint density at radius 3 is 1.55 bits per heavy atom. The number of ether oxygens (including phenoxy) is 2. The molecule has 0 rings (SSSR count). The van der Waals surface area contributed by atoms with Crippen LogP contribution < -0.4 is 0 Å². The summed E-state index contributed by atoms with van der Waals surface area (Å²) in [6.45, 7) is 4.45. The van der Waals surface area contributed by atoms with Crippen LogP contribution in [0.1, 0.15) is 117 Å². The number of carbonyl (C=O) groups excluding carboxylic acids is 2. The van der Waals surface area contributed by atoms with Crippen LogP contribution in [0.25, 0.3) is 0 Å². The summed E-state index contributed by atoms with van der Waals surface area (Å²) in [6, 6.07) is -0.663. The third kappa shape index (κ3) is 18.3. The molecule has 1 atom stereocenters. The average molecular weight is 462 g/mol. The number of carbonyl (C=O) groups is 2. The zero-order valence-electron chi connectivity index (χ0n) is 20.5. The summed E-state index contributed by atoms with van der Waals surface area (Å²) in [7, 11) is 1.52. The summed E-state index contributed by atoms with van der Waals surface area (Å²) in [5.74, 6) is -0.163. The minimum absolute atomic E-state index is 0.131. The maximum Gasteiger partial charge on any atom is 0.410 e. The van der Waals surface area contributed by atoms with Crippen molar-refractivity contribution in [1.29, 1.82) is 0 Å². The largest absolute Gasteiger partial charge is 0.464 e. The lowest BCUT2D eigenvalue weighted by Crippen LogP contribution is -2.41. The minimum Gasteiger partial charge on any atom is -0.464 e. The highest BCUT2D eigenvalue weighted by atomic mass is 35.5. The van der Waals surface area contributed by atoms with Gasteiger partial charge in [0, 0.05) is 7.05 Å². The monoisotopic (exact) mass is 461 g/mol. The van der Waals surface area contributed by atoms with Gasteiger partial charge in [-0.25, -0.2) is 9.59 Å². The smallest absolute Gasteiger partial charge is 0.410 e. The van der Waals surface area contributed by atoms with Crippen LogP contribution in [0.4, 0.5) is 4.79 Å². The molecule has 0 aromatic heterocycles. The number of alkyl halides is 1. The molecule has 0 aliphatic rings. The number of hydrogen-bond acceptors (Lipinski definition) is 4. The van der Waals surface area contributed by atoms with Gasteiger partial charge in [-0.05, 0) is 13.3 Å². The van der Waals surface area contributed by atoms with Crippen LogP contribution in [0.15, 0.2) is 0 Å². The first kappa shape index (κ1) is 30.0. The van der Waals surface area contributed by atoms with Gasteiger partial charge in [-0.1, -0.05) is 103 Å².